The summed E-state index contributed by atoms with van der Waals surface area (Å²) in [5.41, 5.74) is 1.56. The van der Waals surface area contributed by atoms with Crippen LogP contribution in [-0.4, -0.2) is 10.9 Å². The highest BCUT2D eigenvalue weighted by atomic mass is 79.9. The van der Waals surface area contributed by atoms with Gasteiger partial charge in [0.25, 0.3) is 5.91 Å². The molecular weight excluding hydrogens is 400 g/mol. The molecule has 0 atom stereocenters. The van der Waals surface area contributed by atoms with Gasteiger partial charge in [-0.1, -0.05) is 24.3 Å². The Bertz CT molecular complexity index is 1020. The van der Waals surface area contributed by atoms with E-state index in [0.717, 1.165) is 19.7 Å². The molecule has 0 radical (unpaired) electrons. The van der Waals surface area contributed by atoms with Crippen LogP contribution in [0.2, 0.25) is 0 Å². The Morgan fingerprint density at radius 1 is 1.08 bits per heavy atom. The number of thiazole rings is 1. The van der Waals surface area contributed by atoms with E-state index in [4.69, 9.17) is 4.42 Å². The van der Waals surface area contributed by atoms with Crippen LogP contribution in [0.25, 0.3) is 21.0 Å². The van der Waals surface area contributed by atoms with Crippen LogP contribution < -0.4 is 5.32 Å². The van der Waals surface area contributed by atoms with Crippen LogP contribution >= 0.6 is 27.3 Å². The van der Waals surface area contributed by atoms with Gasteiger partial charge in [0.15, 0.2) is 10.8 Å². The average molecular weight is 413 g/mol. The first-order valence-electron chi connectivity index (χ1n) is 7.68. The van der Waals surface area contributed by atoms with Crippen LogP contribution in [0.5, 0.6) is 0 Å². The molecule has 124 valence electrons. The molecule has 25 heavy (non-hydrogen) atoms. The minimum Gasteiger partial charge on any atom is -0.457 e. The van der Waals surface area contributed by atoms with E-state index in [1.807, 2.05) is 54.6 Å². The summed E-state index contributed by atoms with van der Waals surface area (Å²) in [6.07, 6.45) is 0. The number of hydrogen-bond donors (Lipinski definition) is 1. The number of furan rings is 1. The van der Waals surface area contributed by atoms with E-state index in [2.05, 4.69) is 26.2 Å². The van der Waals surface area contributed by atoms with Crippen molar-refractivity contribution in [3.63, 3.8) is 0 Å². The molecule has 0 spiro atoms. The molecule has 0 saturated heterocycles. The highest BCUT2D eigenvalue weighted by molar-refractivity contribution is 9.10. The molecule has 0 unspecified atom stereocenters. The molecule has 0 aliphatic rings. The summed E-state index contributed by atoms with van der Waals surface area (Å²) >= 11 is 4.97. The van der Waals surface area contributed by atoms with Gasteiger partial charge in [0.05, 0.1) is 22.3 Å². The maximum absolute atomic E-state index is 12.2. The molecule has 1 amide bonds. The second-order valence-corrected chi connectivity index (χ2v) is 7.30. The molecule has 0 aliphatic heterocycles. The summed E-state index contributed by atoms with van der Waals surface area (Å²) in [5, 5.41) is 3.71. The van der Waals surface area contributed by atoms with Crippen molar-refractivity contribution in [1.82, 2.24) is 10.3 Å². The molecule has 4 nitrogen and oxygen atoms in total. The fourth-order valence-electron chi connectivity index (χ4n) is 2.47. The third-order valence-corrected chi connectivity index (χ3v) is 5.45. The van der Waals surface area contributed by atoms with Crippen LogP contribution in [-0.2, 0) is 6.54 Å². The predicted octanol–water partition coefficient (Wildman–Crippen LogP) is 5.25. The second kappa shape index (κ2) is 6.82. The molecule has 2 aromatic carbocycles. The van der Waals surface area contributed by atoms with Gasteiger partial charge in [-0.2, -0.15) is 0 Å². The fourth-order valence-corrected chi connectivity index (χ4v) is 3.87. The van der Waals surface area contributed by atoms with Crippen molar-refractivity contribution in [3.05, 3.63) is 76.5 Å². The van der Waals surface area contributed by atoms with Gasteiger partial charge in [-0.15, -0.1) is 11.3 Å². The monoisotopic (exact) mass is 412 g/mol. The number of hydrogen-bond acceptors (Lipinski definition) is 4. The molecule has 1 N–H and O–H groups in total. The highest BCUT2D eigenvalue weighted by Crippen LogP contribution is 2.31. The lowest BCUT2D eigenvalue weighted by atomic mass is 10.2. The van der Waals surface area contributed by atoms with Gasteiger partial charge in [0.1, 0.15) is 5.76 Å². The highest BCUT2D eigenvalue weighted by Gasteiger charge is 2.12. The SMILES string of the molecule is O=C(NCc1ccc(-c2nc3ccccc3s2)o1)c1ccccc1Br. The van der Waals surface area contributed by atoms with Crippen LogP contribution in [0, 0.1) is 0 Å². The maximum Gasteiger partial charge on any atom is 0.252 e. The molecule has 0 bridgehead atoms. The van der Waals surface area contributed by atoms with Crippen molar-refractivity contribution in [2.24, 2.45) is 0 Å². The number of nitrogens with one attached hydrogen (secondary N) is 1. The van der Waals surface area contributed by atoms with Gasteiger partial charge in [-0.3, -0.25) is 4.79 Å². The first kappa shape index (κ1) is 16.1. The van der Waals surface area contributed by atoms with E-state index in [1.165, 1.54) is 0 Å². The summed E-state index contributed by atoms with van der Waals surface area (Å²) in [5.74, 6) is 1.26. The molecular formula is C19H13BrN2O2S. The Kier molecular flexibility index (Phi) is 4.38. The number of benzene rings is 2. The van der Waals surface area contributed by atoms with Gasteiger partial charge < -0.3 is 9.73 Å². The van der Waals surface area contributed by atoms with E-state index in [9.17, 15) is 4.79 Å². The minimum absolute atomic E-state index is 0.148. The number of nitrogens with zero attached hydrogens (tertiary/aromatic N) is 1. The summed E-state index contributed by atoms with van der Waals surface area (Å²) in [7, 11) is 0. The Morgan fingerprint density at radius 3 is 2.72 bits per heavy atom. The smallest absolute Gasteiger partial charge is 0.252 e. The number of fused-ring (bicyclic) bond motifs is 1. The van der Waals surface area contributed by atoms with Gasteiger partial charge in [-0.25, -0.2) is 4.98 Å². The van der Waals surface area contributed by atoms with E-state index < -0.39 is 0 Å². The van der Waals surface area contributed by atoms with Crippen LogP contribution in [0.4, 0.5) is 0 Å². The number of amides is 1. The Balaban J connectivity index is 1.48. The molecule has 4 aromatic rings. The molecule has 2 heterocycles. The van der Waals surface area contributed by atoms with Crippen LogP contribution in [0.1, 0.15) is 16.1 Å². The Labute approximate surface area is 156 Å². The number of carbonyl (C=O) groups is 1. The van der Waals surface area contributed by atoms with E-state index in [0.29, 0.717) is 23.6 Å². The topological polar surface area (TPSA) is 55.1 Å². The number of aromatic nitrogens is 1. The quantitative estimate of drug-likeness (QED) is 0.497. The largest absolute Gasteiger partial charge is 0.457 e. The molecule has 2 aromatic heterocycles. The normalized spacial score (nSPS) is 10.9. The zero-order valence-corrected chi connectivity index (χ0v) is 15.4. The molecule has 0 aliphatic carbocycles. The van der Waals surface area contributed by atoms with Gasteiger partial charge in [-0.05, 0) is 52.3 Å². The number of rotatable bonds is 4. The van der Waals surface area contributed by atoms with Crippen molar-refractivity contribution in [2.45, 2.75) is 6.54 Å². The fraction of sp³-hybridized carbons (Fsp3) is 0.0526. The van der Waals surface area contributed by atoms with Crippen molar-refractivity contribution < 1.29 is 9.21 Å². The molecule has 6 heteroatoms. The second-order valence-electron chi connectivity index (χ2n) is 5.42. The lowest BCUT2D eigenvalue weighted by Crippen LogP contribution is -2.22. The average Bonchev–Trinajstić information content (AvgIpc) is 3.26. The molecule has 4 rings (SSSR count). The first-order valence-corrected chi connectivity index (χ1v) is 9.29. The van der Waals surface area contributed by atoms with Crippen molar-refractivity contribution in [3.8, 4) is 10.8 Å². The van der Waals surface area contributed by atoms with Crippen molar-refractivity contribution in [1.29, 1.82) is 0 Å². The summed E-state index contributed by atoms with van der Waals surface area (Å²) < 4.78 is 7.73. The zero-order valence-electron chi connectivity index (χ0n) is 13.0. The van der Waals surface area contributed by atoms with E-state index >= 15 is 0 Å². The predicted molar refractivity (Wildman–Crippen MR) is 103 cm³/mol. The van der Waals surface area contributed by atoms with Crippen LogP contribution in [0.3, 0.4) is 0 Å². The number of carbonyl (C=O) groups excluding carboxylic acids is 1. The third-order valence-electron chi connectivity index (χ3n) is 3.71. The van der Waals surface area contributed by atoms with Gasteiger partial charge in [0.2, 0.25) is 0 Å². The number of halogens is 1. The van der Waals surface area contributed by atoms with Crippen molar-refractivity contribution in [2.75, 3.05) is 0 Å². The number of para-hydroxylation sites is 1. The van der Waals surface area contributed by atoms with E-state index in [1.54, 1.807) is 17.4 Å². The summed E-state index contributed by atoms with van der Waals surface area (Å²) in [6.45, 7) is 0.324. The van der Waals surface area contributed by atoms with Crippen molar-refractivity contribution >= 4 is 43.4 Å². The zero-order chi connectivity index (χ0) is 17.2. The molecule has 0 saturated carbocycles. The van der Waals surface area contributed by atoms with E-state index in [-0.39, 0.29) is 5.91 Å². The molecule has 0 fully saturated rings. The Hall–Kier alpha value is -2.44. The Morgan fingerprint density at radius 2 is 1.88 bits per heavy atom. The van der Waals surface area contributed by atoms with Gasteiger partial charge in [0, 0.05) is 4.47 Å². The maximum atomic E-state index is 12.2. The lowest BCUT2D eigenvalue weighted by Gasteiger charge is -2.05. The first-order chi connectivity index (χ1) is 12.2. The summed E-state index contributed by atoms with van der Waals surface area (Å²) in [4.78, 5) is 16.8. The lowest BCUT2D eigenvalue weighted by molar-refractivity contribution is 0.0947. The standard InChI is InChI=1S/C19H13BrN2O2S/c20-14-6-2-1-5-13(14)18(23)21-11-12-9-10-16(24-12)19-22-15-7-3-4-8-17(15)25-19/h1-10H,11H2,(H,21,23). The third kappa shape index (κ3) is 3.36. The van der Waals surface area contributed by atoms with Crippen LogP contribution in [0.15, 0.2) is 69.6 Å². The minimum atomic E-state index is -0.148. The summed E-state index contributed by atoms with van der Waals surface area (Å²) in [6, 6.07) is 19.1. The van der Waals surface area contributed by atoms with Gasteiger partial charge >= 0.3 is 0 Å².